The van der Waals surface area contributed by atoms with E-state index in [0.717, 1.165) is 47.5 Å². The Balaban J connectivity index is 1.45. The molecule has 1 fully saturated rings. The molecular weight excluding hydrogens is 368 g/mol. The molecule has 0 aliphatic carbocycles. The number of rotatable bonds is 4. The van der Waals surface area contributed by atoms with Gasteiger partial charge in [-0.3, -0.25) is 9.69 Å². The molecule has 0 amide bonds. The van der Waals surface area contributed by atoms with Crippen LogP contribution in [0.1, 0.15) is 47.6 Å². The van der Waals surface area contributed by atoms with Crippen molar-refractivity contribution < 1.29 is 0 Å². The average molecular weight is 397 g/mol. The number of benzene rings is 1. The number of fused-ring (bicyclic) bond motifs is 1. The van der Waals surface area contributed by atoms with E-state index in [0.29, 0.717) is 6.04 Å². The molecule has 3 heterocycles. The van der Waals surface area contributed by atoms with E-state index in [2.05, 4.69) is 60.2 Å². The van der Waals surface area contributed by atoms with Crippen molar-refractivity contribution in [1.82, 2.24) is 14.9 Å². The van der Waals surface area contributed by atoms with Crippen molar-refractivity contribution in [1.29, 1.82) is 0 Å². The Labute approximate surface area is 169 Å². The van der Waals surface area contributed by atoms with Crippen LogP contribution < -0.4 is 10.9 Å². The number of H-pyrrole nitrogens is 1. The first-order chi connectivity index (χ1) is 13.4. The molecule has 1 atom stereocenters. The Morgan fingerprint density at radius 1 is 1.21 bits per heavy atom. The minimum Gasteiger partial charge on any atom is -0.382 e. The van der Waals surface area contributed by atoms with Crippen molar-refractivity contribution in [3.63, 3.8) is 0 Å². The zero-order valence-electron chi connectivity index (χ0n) is 17.0. The van der Waals surface area contributed by atoms with Gasteiger partial charge in [-0.2, -0.15) is 0 Å². The topological polar surface area (TPSA) is 61.0 Å². The van der Waals surface area contributed by atoms with Crippen LogP contribution in [0.25, 0.3) is 10.2 Å². The average Bonchev–Trinajstić information content (AvgIpc) is 2.98. The highest BCUT2D eigenvalue weighted by Crippen LogP contribution is 2.29. The number of hydrogen-bond acceptors (Lipinski definition) is 5. The molecule has 0 radical (unpaired) electrons. The lowest BCUT2D eigenvalue weighted by molar-refractivity contribution is 0.162. The van der Waals surface area contributed by atoms with Crippen LogP contribution >= 0.6 is 11.3 Å². The zero-order valence-corrected chi connectivity index (χ0v) is 17.8. The second kappa shape index (κ2) is 7.68. The molecule has 0 saturated carbocycles. The Bertz CT molecular complexity index is 1050. The molecule has 1 saturated heterocycles. The fourth-order valence-corrected chi connectivity index (χ4v) is 5.07. The van der Waals surface area contributed by atoms with Crippen LogP contribution in [0.4, 0.5) is 5.69 Å². The molecule has 0 bridgehead atoms. The van der Waals surface area contributed by atoms with E-state index >= 15 is 0 Å². The van der Waals surface area contributed by atoms with Gasteiger partial charge in [0.15, 0.2) is 0 Å². The summed E-state index contributed by atoms with van der Waals surface area (Å²) < 4.78 is 0. The Morgan fingerprint density at radius 2 is 1.93 bits per heavy atom. The van der Waals surface area contributed by atoms with Crippen LogP contribution in [0, 0.1) is 20.8 Å². The maximum atomic E-state index is 12.6. The maximum absolute atomic E-state index is 12.6. The van der Waals surface area contributed by atoms with Crippen molar-refractivity contribution in [3.8, 4) is 0 Å². The van der Waals surface area contributed by atoms with Crippen LogP contribution in [0.5, 0.6) is 0 Å². The van der Waals surface area contributed by atoms with Gasteiger partial charge in [0.05, 0.1) is 11.4 Å². The standard InChI is InChI=1S/C22H28N4OS/c1-13-7-5-6-8-18(13)23-17-9-11-26(12-10-17)15(3)20-24-21(27)19-14(2)16(4)28-22(19)25-20/h5-8,15,17,23H,9-12H2,1-4H3,(H,24,25,27)/t15-/m0/s1. The minimum absolute atomic E-state index is 0.00944. The lowest BCUT2D eigenvalue weighted by Crippen LogP contribution is -2.41. The second-order valence-corrected chi connectivity index (χ2v) is 9.06. The van der Waals surface area contributed by atoms with Gasteiger partial charge in [-0.1, -0.05) is 18.2 Å². The van der Waals surface area contributed by atoms with Crippen molar-refractivity contribution in [2.24, 2.45) is 0 Å². The van der Waals surface area contributed by atoms with E-state index in [4.69, 9.17) is 4.98 Å². The highest BCUT2D eigenvalue weighted by molar-refractivity contribution is 7.18. The normalized spacial score (nSPS) is 17.1. The number of piperidine rings is 1. The number of para-hydroxylation sites is 1. The van der Waals surface area contributed by atoms with Gasteiger partial charge in [0, 0.05) is 29.7 Å². The number of aromatic amines is 1. The van der Waals surface area contributed by atoms with Crippen molar-refractivity contribution in [2.75, 3.05) is 18.4 Å². The molecule has 5 nitrogen and oxygen atoms in total. The quantitative estimate of drug-likeness (QED) is 0.679. The van der Waals surface area contributed by atoms with Gasteiger partial charge >= 0.3 is 0 Å². The molecule has 1 aliphatic heterocycles. The Hall–Kier alpha value is -2.18. The van der Waals surface area contributed by atoms with Crippen molar-refractivity contribution >= 4 is 27.2 Å². The molecule has 6 heteroatoms. The maximum Gasteiger partial charge on any atom is 0.259 e. The van der Waals surface area contributed by atoms with E-state index in [1.54, 1.807) is 11.3 Å². The summed E-state index contributed by atoms with van der Waals surface area (Å²) >= 11 is 1.61. The summed E-state index contributed by atoms with van der Waals surface area (Å²) in [4.78, 5) is 24.9. The van der Waals surface area contributed by atoms with E-state index < -0.39 is 0 Å². The third-order valence-electron chi connectivity index (χ3n) is 6.04. The van der Waals surface area contributed by atoms with Crippen LogP contribution in [0.15, 0.2) is 29.1 Å². The summed E-state index contributed by atoms with van der Waals surface area (Å²) in [5.74, 6) is 0.782. The number of nitrogens with one attached hydrogen (secondary N) is 2. The third kappa shape index (κ3) is 3.59. The van der Waals surface area contributed by atoms with Crippen LogP contribution in [0.3, 0.4) is 0 Å². The fourth-order valence-electron chi connectivity index (χ4n) is 4.03. The molecule has 2 N–H and O–H groups in total. The number of aromatic nitrogens is 2. The summed E-state index contributed by atoms with van der Waals surface area (Å²) in [6.45, 7) is 10.3. The zero-order chi connectivity index (χ0) is 19.8. The van der Waals surface area contributed by atoms with Crippen LogP contribution in [0.2, 0.25) is 0 Å². The first-order valence-corrected chi connectivity index (χ1v) is 10.8. The summed E-state index contributed by atoms with van der Waals surface area (Å²) in [6.07, 6.45) is 2.17. The summed E-state index contributed by atoms with van der Waals surface area (Å²) in [5.41, 5.74) is 3.56. The lowest BCUT2D eigenvalue weighted by atomic mass is 10.0. The number of hydrogen-bond donors (Lipinski definition) is 2. The van der Waals surface area contributed by atoms with E-state index in [1.807, 2.05) is 6.92 Å². The summed E-state index contributed by atoms with van der Waals surface area (Å²) in [6, 6.07) is 9.05. The molecule has 0 spiro atoms. The van der Waals surface area contributed by atoms with Gasteiger partial charge in [-0.15, -0.1) is 11.3 Å². The molecule has 0 unspecified atom stereocenters. The highest BCUT2D eigenvalue weighted by Gasteiger charge is 2.25. The predicted molar refractivity (Wildman–Crippen MR) is 118 cm³/mol. The third-order valence-corrected chi connectivity index (χ3v) is 7.14. The molecule has 2 aromatic heterocycles. The summed E-state index contributed by atoms with van der Waals surface area (Å²) in [5, 5.41) is 4.44. The molecule has 4 rings (SSSR count). The molecule has 148 valence electrons. The Kier molecular flexibility index (Phi) is 5.25. The van der Waals surface area contributed by atoms with Crippen LogP contribution in [-0.4, -0.2) is 34.0 Å². The molecular formula is C22H28N4OS. The first-order valence-electron chi connectivity index (χ1n) is 10.00. The van der Waals surface area contributed by atoms with E-state index in [1.165, 1.54) is 16.1 Å². The number of likely N-dealkylation sites (tertiary alicyclic amines) is 1. The number of thiophene rings is 1. The van der Waals surface area contributed by atoms with Gasteiger partial charge < -0.3 is 10.3 Å². The van der Waals surface area contributed by atoms with Crippen molar-refractivity contribution in [2.45, 2.75) is 52.6 Å². The van der Waals surface area contributed by atoms with Gasteiger partial charge in [0.25, 0.3) is 5.56 Å². The SMILES string of the molecule is Cc1ccccc1NC1CCN([C@@H](C)c2nc3sc(C)c(C)c3c(=O)[nH]2)CC1. The van der Waals surface area contributed by atoms with E-state index in [9.17, 15) is 4.79 Å². The van der Waals surface area contributed by atoms with Gasteiger partial charge in [0.1, 0.15) is 10.7 Å². The molecule has 1 aliphatic rings. The number of aryl methyl sites for hydroxylation is 3. The lowest BCUT2D eigenvalue weighted by Gasteiger charge is -2.36. The largest absolute Gasteiger partial charge is 0.382 e. The second-order valence-electron chi connectivity index (χ2n) is 7.86. The highest BCUT2D eigenvalue weighted by atomic mass is 32.1. The van der Waals surface area contributed by atoms with E-state index in [-0.39, 0.29) is 11.6 Å². The molecule has 3 aromatic rings. The van der Waals surface area contributed by atoms with Crippen molar-refractivity contribution in [3.05, 3.63) is 56.4 Å². The Morgan fingerprint density at radius 3 is 2.64 bits per heavy atom. The van der Waals surface area contributed by atoms with Gasteiger partial charge in [-0.05, 0) is 57.7 Å². The monoisotopic (exact) mass is 396 g/mol. The van der Waals surface area contributed by atoms with Gasteiger partial charge in [-0.25, -0.2) is 4.98 Å². The number of nitrogens with zero attached hydrogens (tertiary/aromatic N) is 2. The predicted octanol–water partition coefficient (Wildman–Crippen LogP) is 4.55. The first kappa shape index (κ1) is 19.2. The molecule has 1 aromatic carbocycles. The number of anilines is 1. The van der Waals surface area contributed by atoms with Gasteiger partial charge in [0.2, 0.25) is 0 Å². The minimum atomic E-state index is -0.00944. The smallest absolute Gasteiger partial charge is 0.259 e. The van der Waals surface area contributed by atoms with Crippen LogP contribution in [-0.2, 0) is 0 Å². The molecule has 28 heavy (non-hydrogen) atoms. The summed E-state index contributed by atoms with van der Waals surface area (Å²) in [7, 11) is 0. The fraction of sp³-hybridized carbons (Fsp3) is 0.455.